The topological polar surface area (TPSA) is 111 Å². The van der Waals surface area contributed by atoms with Crippen molar-refractivity contribution in [1.82, 2.24) is 14.8 Å². The van der Waals surface area contributed by atoms with E-state index in [2.05, 4.69) is 10.5 Å². The van der Waals surface area contributed by atoms with Crippen LogP contribution in [-0.2, 0) is 10.0 Å². The number of rotatable bonds is 8. The summed E-state index contributed by atoms with van der Waals surface area (Å²) >= 11 is 0. The number of amides is 1. The van der Waals surface area contributed by atoms with Gasteiger partial charge in [0.05, 0.1) is 14.2 Å². The first kappa shape index (κ1) is 20.7. The molecule has 0 fully saturated rings. The lowest BCUT2D eigenvalue weighted by molar-refractivity contribution is 0.0952. The third kappa shape index (κ3) is 4.40. The van der Waals surface area contributed by atoms with Gasteiger partial charge in [-0.3, -0.25) is 4.79 Å². The number of ether oxygens (including phenoxy) is 2. The summed E-state index contributed by atoms with van der Waals surface area (Å²) in [6.07, 6.45) is 0. The molecule has 0 spiro atoms. The van der Waals surface area contributed by atoms with Gasteiger partial charge in [-0.05, 0) is 32.0 Å². The molecule has 1 heterocycles. The van der Waals surface area contributed by atoms with Crippen LogP contribution >= 0.6 is 0 Å². The predicted molar refractivity (Wildman–Crippen MR) is 97.7 cm³/mol. The van der Waals surface area contributed by atoms with Gasteiger partial charge >= 0.3 is 0 Å². The molecule has 27 heavy (non-hydrogen) atoms. The molecular formula is C17H23N3O6S. The molecule has 0 bridgehead atoms. The fourth-order valence-corrected chi connectivity index (χ4v) is 3.98. The van der Waals surface area contributed by atoms with E-state index in [9.17, 15) is 13.2 Å². The van der Waals surface area contributed by atoms with Gasteiger partial charge in [0.2, 0.25) is 10.0 Å². The lowest BCUT2D eigenvalue weighted by atomic mass is 10.2. The Balaban J connectivity index is 2.00. The number of hydrogen-bond acceptors (Lipinski definition) is 7. The summed E-state index contributed by atoms with van der Waals surface area (Å²) in [5.41, 5.74) is 0.678. The standard InChI is InChI=1S/C17H23N3O6S/c1-11-16(12(2)26-19-11)27(22,23)20(3)9-8-18-17(21)13-6-7-14(24-4)15(10-13)25-5/h6-7,10H,8-9H2,1-5H3,(H,18,21). The fraction of sp³-hybridized carbons (Fsp3) is 0.412. The maximum absolute atomic E-state index is 12.6. The van der Waals surface area contributed by atoms with E-state index in [0.717, 1.165) is 4.31 Å². The zero-order chi connectivity index (χ0) is 20.2. The maximum atomic E-state index is 12.6. The lowest BCUT2D eigenvalue weighted by Crippen LogP contribution is -2.36. The molecule has 148 valence electrons. The molecule has 0 saturated heterocycles. The average Bonchev–Trinajstić information content (AvgIpc) is 2.99. The highest BCUT2D eigenvalue weighted by atomic mass is 32.2. The third-order valence-corrected chi connectivity index (χ3v) is 6.10. The monoisotopic (exact) mass is 397 g/mol. The molecule has 10 heteroatoms. The van der Waals surface area contributed by atoms with E-state index >= 15 is 0 Å². The van der Waals surface area contributed by atoms with Crippen LogP contribution in [0, 0.1) is 13.8 Å². The van der Waals surface area contributed by atoms with E-state index < -0.39 is 10.0 Å². The largest absolute Gasteiger partial charge is 0.493 e. The summed E-state index contributed by atoms with van der Waals surface area (Å²) in [6, 6.07) is 4.78. The van der Waals surface area contributed by atoms with Crippen LogP contribution in [0.1, 0.15) is 21.8 Å². The number of hydrogen-bond donors (Lipinski definition) is 1. The Labute approximate surface area is 158 Å². The Morgan fingerprint density at radius 1 is 1.22 bits per heavy atom. The number of carbonyl (C=O) groups is 1. The molecule has 0 aliphatic heterocycles. The van der Waals surface area contributed by atoms with Gasteiger partial charge in [-0.1, -0.05) is 5.16 Å². The molecule has 0 saturated carbocycles. The molecule has 9 nitrogen and oxygen atoms in total. The minimum atomic E-state index is -3.75. The van der Waals surface area contributed by atoms with Crippen molar-refractivity contribution in [2.45, 2.75) is 18.7 Å². The Kier molecular flexibility index (Phi) is 6.45. The van der Waals surface area contributed by atoms with E-state index in [-0.39, 0.29) is 29.7 Å². The molecule has 0 aliphatic carbocycles. The van der Waals surface area contributed by atoms with Gasteiger partial charge in [0, 0.05) is 25.7 Å². The predicted octanol–water partition coefficient (Wildman–Crippen LogP) is 1.36. The van der Waals surface area contributed by atoms with Crippen molar-refractivity contribution in [1.29, 1.82) is 0 Å². The van der Waals surface area contributed by atoms with E-state index in [1.807, 2.05) is 0 Å². The molecule has 0 aliphatic rings. The fourth-order valence-electron chi connectivity index (χ4n) is 2.53. The second kappa shape index (κ2) is 8.40. The number of nitrogens with one attached hydrogen (secondary N) is 1. The SMILES string of the molecule is COc1ccc(C(=O)NCCN(C)S(=O)(=O)c2c(C)noc2C)cc1OC. The molecule has 1 N–H and O–H groups in total. The van der Waals surface area contributed by atoms with Gasteiger partial charge in [0.15, 0.2) is 17.3 Å². The first-order valence-corrected chi connectivity index (χ1v) is 9.55. The Hall–Kier alpha value is -2.59. The van der Waals surface area contributed by atoms with Crippen LogP contribution in [0.15, 0.2) is 27.6 Å². The quantitative estimate of drug-likeness (QED) is 0.716. The van der Waals surface area contributed by atoms with Crippen LogP contribution in [0.4, 0.5) is 0 Å². The van der Waals surface area contributed by atoms with Crippen molar-refractivity contribution < 1.29 is 27.2 Å². The van der Waals surface area contributed by atoms with Crippen LogP contribution < -0.4 is 14.8 Å². The summed E-state index contributed by atoms with van der Waals surface area (Å²) in [5.74, 6) is 0.829. The molecule has 1 aromatic heterocycles. The molecule has 1 aromatic carbocycles. The lowest BCUT2D eigenvalue weighted by Gasteiger charge is -2.17. The maximum Gasteiger partial charge on any atom is 0.251 e. The molecule has 0 unspecified atom stereocenters. The Morgan fingerprint density at radius 3 is 2.44 bits per heavy atom. The zero-order valence-electron chi connectivity index (χ0n) is 15.9. The number of aryl methyl sites for hydroxylation is 2. The summed E-state index contributed by atoms with van der Waals surface area (Å²) in [4.78, 5) is 12.3. The molecule has 2 aromatic rings. The van der Waals surface area contributed by atoms with Crippen LogP contribution in [0.5, 0.6) is 11.5 Å². The van der Waals surface area contributed by atoms with Gasteiger partial charge in [-0.2, -0.15) is 4.31 Å². The number of methoxy groups -OCH3 is 2. The first-order valence-electron chi connectivity index (χ1n) is 8.11. The number of likely N-dealkylation sites (N-methyl/N-ethyl adjacent to an activating group) is 1. The number of sulfonamides is 1. The summed E-state index contributed by atoms with van der Waals surface area (Å²) in [7, 11) is 0.671. The molecule has 1 amide bonds. The van der Waals surface area contributed by atoms with E-state index in [1.54, 1.807) is 32.0 Å². The van der Waals surface area contributed by atoms with Gasteiger partial charge in [0.25, 0.3) is 5.91 Å². The van der Waals surface area contributed by atoms with Gasteiger partial charge in [0.1, 0.15) is 10.6 Å². The van der Waals surface area contributed by atoms with Crippen LogP contribution in [0.3, 0.4) is 0 Å². The van der Waals surface area contributed by atoms with Crippen LogP contribution in [0.25, 0.3) is 0 Å². The Morgan fingerprint density at radius 2 is 1.89 bits per heavy atom. The average molecular weight is 397 g/mol. The van der Waals surface area contributed by atoms with Crippen LogP contribution in [-0.4, -0.2) is 58.1 Å². The highest BCUT2D eigenvalue weighted by Crippen LogP contribution is 2.27. The second-order valence-electron chi connectivity index (χ2n) is 5.81. The minimum absolute atomic E-state index is 0.0521. The smallest absolute Gasteiger partial charge is 0.251 e. The number of aromatic nitrogens is 1. The molecule has 0 atom stereocenters. The van der Waals surface area contributed by atoms with Gasteiger partial charge < -0.3 is 19.3 Å². The van der Waals surface area contributed by atoms with Crippen molar-refractivity contribution in [3.63, 3.8) is 0 Å². The van der Waals surface area contributed by atoms with E-state index in [0.29, 0.717) is 22.8 Å². The number of nitrogens with zero attached hydrogens (tertiary/aromatic N) is 2. The molecule has 2 rings (SSSR count). The second-order valence-corrected chi connectivity index (χ2v) is 7.79. The highest BCUT2D eigenvalue weighted by molar-refractivity contribution is 7.89. The van der Waals surface area contributed by atoms with Gasteiger partial charge in [-0.25, -0.2) is 8.42 Å². The van der Waals surface area contributed by atoms with Crippen molar-refractivity contribution in [3.8, 4) is 11.5 Å². The molecular weight excluding hydrogens is 374 g/mol. The third-order valence-electron chi connectivity index (χ3n) is 3.99. The molecule has 0 radical (unpaired) electrons. The normalized spacial score (nSPS) is 11.5. The number of benzene rings is 1. The summed E-state index contributed by atoms with van der Waals surface area (Å²) in [6.45, 7) is 3.33. The van der Waals surface area contributed by atoms with E-state index in [4.69, 9.17) is 14.0 Å². The van der Waals surface area contributed by atoms with Crippen molar-refractivity contribution >= 4 is 15.9 Å². The van der Waals surface area contributed by atoms with Crippen molar-refractivity contribution in [2.24, 2.45) is 0 Å². The van der Waals surface area contributed by atoms with Crippen molar-refractivity contribution in [3.05, 3.63) is 35.2 Å². The summed E-state index contributed by atoms with van der Waals surface area (Å²) in [5, 5.41) is 6.36. The van der Waals surface area contributed by atoms with Gasteiger partial charge in [-0.15, -0.1) is 0 Å². The highest BCUT2D eigenvalue weighted by Gasteiger charge is 2.28. The zero-order valence-corrected chi connectivity index (χ0v) is 16.7. The first-order chi connectivity index (χ1) is 12.7. The van der Waals surface area contributed by atoms with Crippen LogP contribution in [0.2, 0.25) is 0 Å². The minimum Gasteiger partial charge on any atom is -0.493 e. The van der Waals surface area contributed by atoms with E-state index in [1.165, 1.54) is 21.3 Å². The Bertz CT molecular complexity index is 903. The van der Waals surface area contributed by atoms with Crippen molar-refractivity contribution in [2.75, 3.05) is 34.4 Å². The summed E-state index contributed by atoms with van der Waals surface area (Å²) < 4.78 is 41.6. The number of carbonyl (C=O) groups excluding carboxylic acids is 1.